The molecule has 0 aliphatic rings. The fraction of sp³-hybridized carbons (Fsp3) is 0.100. The van der Waals surface area contributed by atoms with Crippen LogP contribution in [-0.2, 0) is 31.4 Å². The fourth-order valence-corrected chi connectivity index (χ4v) is 4.77. The van der Waals surface area contributed by atoms with Crippen LogP contribution in [0.25, 0.3) is 0 Å². The van der Waals surface area contributed by atoms with Gasteiger partial charge in [-0.05, 0) is 18.2 Å². The normalized spacial score (nSPS) is 15.9. The molecule has 1 aromatic rings. The third-order valence-electron chi connectivity index (χ3n) is 2.49. The van der Waals surface area contributed by atoms with E-state index in [-0.39, 0.29) is 0 Å². The molecule has 0 bridgehead atoms. The van der Waals surface area contributed by atoms with E-state index in [1.165, 1.54) is 0 Å². The molecule has 2 atom stereocenters. The molecular formula is C10H11O15P3. The highest BCUT2D eigenvalue weighted by Gasteiger charge is 2.44. The van der Waals surface area contributed by atoms with E-state index in [1.54, 1.807) is 0 Å². The Bertz CT molecular complexity index is 913. The second-order valence-corrected chi connectivity index (χ2v) is 9.21. The highest BCUT2D eigenvalue weighted by atomic mass is 31.3. The average molecular weight is 464 g/mol. The van der Waals surface area contributed by atoms with Crippen molar-refractivity contribution in [1.82, 2.24) is 0 Å². The first-order valence-electron chi connectivity index (χ1n) is 6.40. The SMILES string of the molecule is COP(=O)(OC(=O)c1cc(C(=O)O)cc(C(=O)O)c1)OP(=O)(O)OP(=O)(O)O. The molecule has 0 amide bonds. The van der Waals surface area contributed by atoms with Crippen LogP contribution in [0.3, 0.4) is 0 Å². The van der Waals surface area contributed by atoms with E-state index in [4.69, 9.17) is 24.9 Å². The van der Waals surface area contributed by atoms with E-state index in [1.807, 2.05) is 0 Å². The number of rotatable bonds is 9. The molecule has 0 fully saturated rings. The zero-order valence-corrected chi connectivity index (χ0v) is 16.1. The molecule has 28 heavy (non-hydrogen) atoms. The molecule has 0 saturated heterocycles. The largest absolute Gasteiger partial charge is 0.541 e. The van der Waals surface area contributed by atoms with E-state index in [2.05, 4.69) is 17.7 Å². The van der Waals surface area contributed by atoms with Crippen LogP contribution in [0.15, 0.2) is 18.2 Å². The Balaban J connectivity index is 3.20. The maximum atomic E-state index is 12.1. The molecular weight excluding hydrogens is 453 g/mol. The lowest BCUT2D eigenvalue weighted by Gasteiger charge is -2.18. The summed E-state index contributed by atoms with van der Waals surface area (Å²) < 4.78 is 49.7. The maximum Gasteiger partial charge on any atom is 0.541 e. The van der Waals surface area contributed by atoms with Gasteiger partial charge in [0.15, 0.2) is 0 Å². The number of carbonyl (C=O) groups excluding carboxylic acids is 1. The van der Waals surface area contributed by atoms with Gasteiger partial charge in [0.25, 0.3) is 0 Å². The number of benzene rings is 1. The number of phosphoric ester groups is 1. The Morgan fingerprint density at radius 3 is 1.61 bits per heavy atom. The number of hydrogen-bond acceptors (Lipinski definition) is 10. The molecule has 0 heterocycles. The van der Waals surface area contributed by atoms with Gasteiger partial charge in [0.1, 0.15) is 0 Å². The van der Waals surface area contributed by atoms with Crippen LogP contribution in [0.4, 0.5) is 0 Å². The van der Waals surface area contributed by atoms with Crippen molar-refractivity contribution in [3.63, 3.8) is 0 Å². The number of carboxylic acid groups (broad SMARTS) is 2. The summed E-state index contributed by atoms with van der Waals surface area (Å²) in [6.07, 6.45) is 0. The highest BCUT2D eigenvalue weighted by Crippen LogP contribution is 2.68. The third kappa shape index (κ3) is 7.24. The van der Waals surface area contributed by atoms with E-state index in [0.29, 0.717) is 25.3 Å². The Kier molecular flexibility index (Phi) is 7.42. The lowest BCUT2D eigenvalue weighted by molar-refractivity contribution is 0.0659. The predicted octanol–water partition coefficient (Wildman–Crippen LogP) is 1.22. The molecule has 5 N–H and O–H groups in total. The van der Waals surface area contributed by atoms with Crippen LogP contribution in [-0.4, -0.2) is 49.9 Å². The summed E-state index contributed by atoms with van der Waals surface area (Å²) in [5.74, 6) is -4.97. The average Bonchev–Trinajstić information content (AvgIpc) is 2.51. The summed E-state index contributed by atoms with van der Waals surface area (Å²) >= 11 is 0. The number of phosphoric acid groups is 3. The van der Waals surface area contributed by atoms with Crippen LogP contribution in [0.1, 0.15) is 31.1 Å². The van der Waals surface area contributed by atoms with Gasteiger partial charge in [0, 0.05) is 7.11 Å². The zero-order valence-electron chi connectivity index (χ0n) is 13.4. The third-order valence-corrected chi connectivity index (χ3v) is 6.63. The minimum Gasteiger partial charge on any atom is -0.478 e. The molecule has 0 aromatic heterocycles. The van der Waals surface area contributed by atoms with Gasteiger partial charge in [-0.25, -0.2) is 28.1 Å². The van der Waals surface area contributed by atoms with E-state index >= 15 is 0 Å². The second kappa shape index (κ2) is 8.62. The van der Waals surface area contributed by atoms with Gasteiger partial charge in [-0.1, -0.05) is 0 Å². The molecule has 1 aromatic carbocycles. The van der Waals surface area contributed by atoms with Gasteiger partial charge in [0.2, 0.25) is 0 Å². The van der Waals surface area contributed by atoms with Gasteiger partial charge in [0.05, 0.1) is 16.7 Å². The molecule has 156 valence electrons. The number of carbonyl (C=O) groups is 3. The standard InChI is InChI=1S/C10H11O15P3/c1-22-28(21,25-27(19,20)24-26(16,17)18)23-10(15)7-3-5(8(11)12)2-6(4-7)9(13)14/h2-4H,1H3,(H,11,12)(H,13,14)(H,19,20)(H2,16,17,18). The molecule has 0 aliphatic carbocycles. The van der Waals surface area contributed by atoms with Crippen molar-refractivity contribution in [2.45, 2.75) is 0 Å². The smallest absolute Gasteiger partial charge is 0.478 e. The van der Waals surface area contributed by atoms with Gasteiger partial charge in [-0.15, -0.1) is 0 Å². The summed E-state index contributed by atoms with van der Waals surface area (Å²) in [6, 6.07) is 1.95. The van der Waals surface area contributed by atoms with Crippen molar-refractivity contribution in [3.05, 3.63) is 34.9 Å². The van der Waals surface area contributed by atoms with Gasteiger partial charge < -0.3 is 29.4 Å². The molecule has 0 saturated carbocycles. The Labute approximate surface area is 154 Å². The summed E-state index contributed by atoms with van der Waals surface area (Å²) in [5.41, 5.74) is -2.11. The van der Waals surface area contributed by atoms with Gasteiger partial charge >= 0.3 is 41.4 Å². The predicted molar refractivity (Wildman–Crippen MR) is 84.4 cm³/mol. The molecule has 2 unspecified atom stereocenters. The number of carboxylic acids is 2. The van der Waals surface area contributed by atoms with E-state index in [0.717, 1.165) is 0 Å². The van der Waals surface area contributed by atoms with Crippen molar-refractivity contribution in [3.8, 4) is 0 Å². The summed E-state index contributed by atoms with van der Waals surface area (Å²) in [7, 11) is -16.1. The van der Waals surface area contributed by atoms with Crippen LogP contribution in [0.2, 0.25) is 0 Å². The van der Waals surface area contributed by atoms with Gasteiger partial charge in [-0.2, -0.15) is 8.62 Å². The van der Waals surface area contributed by atoms with E-state index in [9.17, 15) is 28.1 Å². The highest BCUT2D eigenvalue weighted by molar-refractivity contribution is 7.67. The summed E-state index contributed by atoms with van der Waals surface area (Å²) in [6.45, 7) is 0. The molecule has 18 heteroatoms. The Morgan fingerprint density at radius 1 is 0.821 bits per heavy atom. The Hall–Kier alpha value is -1.92. The van der Waals surface area contributed by atoms with Crippen molar-refractivity contribution in [2.24, 2.45) is 0 Å². The van der Waals surface area contributed by atoms with Gasteiger partial charge in [-0.3, -0.25) is 4.52 Å². The molecule has 0 aliphatic heterocycles. The van der Waals surface area contributed by atoms with E-state index < -0.39 is 58.1 Å². The van der Waals surface area contributed by atoms with Crippen molar-refractivity contribution in [1.29, 1.82) is 0 Å². The van der Waals surface area contributed by atoms with Crippen molar-refractivity contribution >= 4 is 41.4 Å². The lowest BCUT2D eigenvalue weighted by atomic mass is 10.1. The Morgan fingerprint density at radius 2 is 1.25 bits per heavy atom. The quantitative estimate of drug-likeness (QED) is 0.323. The van der Waals surface area contributed by atoms with Crippen molar-refractivity contribution < 1.29 is 70.6 Å². The first kappa shape index (κ1) is 24.1. The fourth-order valence-electron chi connectivity index (χ4n) is 1.51. The minimum absolute atomic E-state index is 0.557. The monoisotopic (exact) mass is 464 g/mol. The van der Waals surface area contributed by atoms with Crippen LogP contribution >= 0.6 is 23.5 Å². The first-order valence-corrected chi connectivity index (χ1v) is 10.9. The molecule has 15 nitrogen and oxygen atoms in total. The van der Waals surface area contributed by atoms with Crippen LogP contribution in [0.5, 0.6) is 0 Å². The number of hydrogen-bond donors (Lipinski definition) is 5. The van der Waals surface area contributed by atoms with Crippen LogP contribution in [0, 0.1) is 0 Å². The summed E-state index contributed by atoms with van der Waals surface area (Å²) in [4.78, 5) is 60.1. The minimum atomic E-state index is -5.77. The maximum absolute atomic E-state index is 12.1. The first-order chi connectivity index (χ1) is 12.6. The molecule has 0 radical (unpaired) electrons. The van der Waals surface area contributed by atoms with Crippen molar-refractivity contribution in [2.75, 3.05) is 7.11 Å². The summed E-state index contributed by atoms with van der Waals surface area (Å²) in [5, 5.41) is 17.9. The topological polar surface area (TPSA) is 240 Å². The molecule has 0 spiro atoms. The van der Waals surface area contributed by atoms with Crippen LogP contribution < -0.4 is 0 Å². The molecule has 1 rings (SSSR count). The second-order valence-electron chi connectivity index (χ2n) is 4.54. The zero-order chi connectivity index (χ0) is 21.9. The number of aromatic carboxylic acids is 2. The lowest BCUT2D eigenvalue weighted by Crippen LogP contribution is -2.10.